The average molecular weight is 366 g/mol. The summed E-state index contributed by atoms with van der Waals surface area (Å²) >= 11 is 0. The second-order valence-corrected chi connectivity index (χ2v) is 5.77. The minimum atomic E-state index is -4.73. The van der Waals surface area contributed by atoms with Gasteiger partial charge in [-0.3, -0.25) is 10.1 Å². The van der Waals surface area contributed by atoms with Crippen LogP contribution in [0, 0.1) is 0 Å². The summed E-state index contributed by atoms with van der Waals surface area (Å²) in [4.78, 5) is 6.34. The number of aliphatic hydroxyl groups is 1. The van der Waals surface area contributed by atoms with E-state index in [0.29, 0.717) is 5.56 Å². The molecule has 1 aliphatic rings. The van der Waals surface area contributed by atoms with Gasteiger partial charge in [0.2, 0.25) is 0 Å². The Hall–Kier alpha value is -2.81. The van der Waals surface area contributed by atoms with Crippen molar-refractivity contribution in [2.75, 3.05) is 6.61 Å². The Balaban J connectivity index is 1.91. The highest BCUT2D eigenvalue weighted by atomic mass is 19.4. The lowest BCUT2D eigenvalue weighted by Gasteiger charge is -2.38. The molecule has 0 bridgehead atoms. The maximum Gasteiger partial charge on any atom is 0.573 e. The summed E-state index contributed by atoms with van der Waals surface area (Å²) < 4.78 is 40.9. The molecule has 0 saturated carbocycles. The highest BCUT2D eigenvalue weighted by Crippen LogP contribution is 2.35. The van der Waals surface area contributed by atoms with E-state index in [1.54, 1.807) is 24.7 Å². The zero-order chi connectivity index (χ0) is 18.7. The van der Waals surface area contributed by atoms with Crippen molar-refractivity contribution in [2.45, 2.75) is 25.5 Å². The molecule has 1 aromatic carbocycles. The van der Waals surface area contributed by atoms with Crippen LogP contribution in [0.1, 0.15) is 24.2 Å². The second-order valence-electron chi connectivity index (χ2n) is 5.77. The van der Waals surface area contributed by atoms with E-state index in [-0.39, 0.29) is 18.4 Å². The van der Waals surface area contributed by atoms with Crippen LogP contribution in [-0.2, 0) is 0 Å². The number of hydrogen-bond donors (Lipinski definition) is 2. The molecule has 2 N–H and O–H groups in total. The van der Waals surface area contributed by atoms with E-state index in [4.69, 9.17) is 0 Å². The monoisotopic (exact) mass is 366 g/mol. The highest BCUT2D eigenvalue weighted by molar-refractivity contribution is 5.86. The first kappa shape index (κ1) is 18.0. The molecular formula is C17H17F3N4O2. The van der Waals surface area contributed by atoms with E-state index < -0.39 is 12.5 Å². The lowest BCUT2D eigenvalue weighted by molar-refractivity contribution is -0.274. The number of ether oxygens (including phenoxy) is 1. The number of aromatic nitrogens is 2. The van der Waals surface area contributed by atoms with Crippen LogP contribution in [0.25, 0.3) is 5.70 Å². The first-order chi connectivity index (χ1) is 12.4. The Morgan fingerprint density at radius 1 is 1.31 bits per heavy atom. The molecule has 3 rings (SSSR count). The Labute approximate surface area is 147 Å². The van der Waals surface area contributed by atoms with Crippen molar-refractivity contribution >= 4 is 11.9 Å². The average Bonchev–Trinajstić information content (AvgIpc) is 3.14. The summed E-state index contributed by atoms with van der Waals surface area (Å²) in [5.74, 6) is -0.292. The zero-order valence-corrected chi connectivity index (χ0v) is 13.8. The molecule has 0 radical (unpaired) electrons. The quantitative estimate of drug-likeness (QED) is 0.853. The highest BCUT2D eigenvalue weighted by Gasteiger charge is 2.32. The van der Waals surface area contributed by atoms with Gasteiger partial charge in [0.05, 0.1) is 18.8 Å². The maximum absolute atomic E-state index is 12.3. The van der Waals surface area contributed by atoms with E-state index >= 15 is 0 Å². The SMILES string of the molecule is C[C@@H](CO)N1C(c2ccc(OC(F)(F)F)cc2)=CC=NC1c1cn[nH]c1. The Bertz CT molecular complexity index is 785. The van der Waals surface area contributed by atoms with Gasteiger partial charge in [-0.05, 0) is 42.8 Å². The number of aromatic amines is 1. The van der Waals surface area contributed by atoms with Crippen LogP contribution in [0.4, 0.5) is 13.2 Å². The Morgan fingerprint density at radius 3 is 2.62 bits per heavy atom. The van der Waals surface area contributed by atoms with Gasteiger partial charge >= 0.3 is 6.36 Å². The zero-order valence-electron chi connectivity index (χ0n) is 13.8. The lowest BCUT2D eigenvalue weighted by Crippen LogP contribution is -2.38. The van der Waals surface area contributed by atoms with Gasteiger partial charge in [0.1, 0.15) is 11.9 Å². The van der Waals surface area contributed by atoms with E-state index in [2.05, 4.69) is 19.9 Å². The predicted octanol–water partition coefficient (Wildman–Crippen LogP) is 3.12. The summed E-state index contributed by atoms with van der Waals surface area (Å²) in [5.41, 5.74) is 2.22. The number of alkyl halides is 3. The molecule has 1 aromatic heterocycles. The fourth-order valence-electron chi connectivity index (χ4n) is 2.77. The largest absolute Gasteiger partial charge is 0.573 e. The second kappa shape index (κ2) is 7.20. The third kappa shape index (κ3) is 3.88. The van der Waals surface area contributed by atoms with Gasteiger partial charge in [0.15, 0.2) is 0 Å². The van der Waals surface area contributed by atoms with Gasteiger partial charge in [0.25, 0.3) is 0 Å². The van der Waals surface area contributed by atoms with Crippen molar-refractivity contribution in [3.8, 4) is 5.75 Å². The molecule has 2 heterocycles. The van der Waals surface area contributed by atoms with Crippen molar-refractivity contribution < 1.29 is 23.0 Å². The molecule has 0 aliphatic carbocycles. The summed E-state index contributed by atoms with van der Waals surface area (Å²) in [6, 6.07) is 5.31. The molecule has 0 spiro atoms. The molecule has 0 fully saturated rings. The fourth-order valence-corrected chi connectivity index (χ4v) is 2.77. The van der Waals surface area contributed by atoms with Crippen LogP contribution in [0.15, 0.2) is 47.7 Å². The number of aliphatic imine (C=N–C) groups is 1. The first-order valence-corrected chi connectivity index (χ1v) is 7.86. The number of halogens is 3. The summed E-state index contributed by atoms with van der Waals surface area (Å²) in [6.07, 6.45) is 1.60. The van der Waals surface area contributed by atoms with Gasteiger partial charge in [-0.25, -0.2) is 0 Å². The van der Waals surface area contributed by atoms with Gasteiger partial charge < -0.3 is 14.7 Å². The lowest BCUT2D eigenvalue weighted by atomic mass is 10.0. The van der Waals surface area contributed by atoms with Crippen LogP contribution in [-0.4, -0.2) is 45.4 Å². The third-order valence-corrected chi connectivity index (χ3v) is 3.94. The number of benzene rings is 1. The molecule has 2 aromatic rings. The first-order valence-electron chi connectivity index (χ1n) is 7.86. The number of hydrogen-bond acceptors (Lipinski definition) is 5. The number of H-pyrrole nitrogens is 1. The summed E-state index contributed by atoms with van der Waals surface area (Å²) in [6.45, 7) is 1.72. The summed E-state index contributed by atoms with van der Waals surface area (Å²) in [7, 11) is 0. The fraction of sp³-hybridized carbons (Fsp3) is 0.294. The molecule has 6 nitrogen and oxygen atoms in total. The number of aliphatic hydroxyl groups excluding tert-OH is 1. The number of nitrogens with one attached hydrogen (secondary N) is 1. The third-order valence-electron chi connectivity index (χ3n) is 3.94. The Kier molecular flexibility index (Phi) is 4.99. The molecule has 9 heteroatoms. The van der Waals surface area contributed by atoms with Crippen molar-refractivity contribution in [3.05, 3.63) is 53.9 Å². The smallest absolute Gasteiger partial charge is 0.406 e. The Morgan fingerprint density at radius 2 is 2.04 bits per heavy atom. The maximum atomic E-state index is 12.3. The molecular weight excluding hydrogens is 349 g/mol. The molecule has 0 amide bonds. The number of allylic oxidation sites excluding steroid dienone is 1. The molecule has 0 saturated heterocycles. The minimum Gasteiger partial charge on any atom is -0.406 e. The van der Waals surface area contributed by atoms with E-state index in [1.165, 1.54) is 24.3 Å². The van der Waals surface area contributed by atoms with Gasteiger partial charge in [-0.15, -0.1) is 13.2 Å². The predicted molar refractivity (Wildman–Crippen MR) is 89.3 cm³/mol. The number of rotatable bonds is 5. The molecule has 26 heavy (non-hydrogen) atoms. The van der Waals surface area contributed by atoms with E-state index in [0.717, 1.165) is 11.3 Å². The van der Waals surface area contributed by atoms with Crippen LogP contribution in [0.3, 0.4) is 0 Å². The topological polar surface area (TPSA) is 73.7 Å². The van der Waals surface area contributed by atoms with Gasteiger partial charge in [-0.1, -0.05) is 0 Å². The standard InChI is InChI=1S/C17H17F3N4O2/c1-11(10-25)24-15(6-7-21-16(24)13-8-22-23-9-13)12-2-4-14(5-3-12)26-17(18,19)20/h2-9,11,16,25H,10H2,1H3,(H,22,23)/t11-,16?/m0/s1. The summed E-state index contributed by atoms with van der Waals surface area (Å²) in [5, 5.41) is 16.3. The van der Waals surface area contributed by atoms with Crippen molar-refractivity contribution in [3.63, 3.8) is 0 Å². The molecule has 1 unspecified atom stereocenters. The van der Waals surface area contributed by atoms with E-state index in [9.17, 15) is 18.3 Å². The van der Waals surface area contributed by atoms with Crippen molar-refractivity contribution in [1.82, 2.24) is 15.1 Å². The number of nitrogens with zero attached hydrogens (tertiary/aromatic N) is 3. The normalized spacial score (nSPS) is 18.6. The van der Waals surface area contributed by atoms with Gasteiger partial charge in [0, 0.05) is 23.7 Å². The van der Waals surface area contributed by atoms with Crippen LogP contribution in [0.2, 0.25) is 0 Å². The molecule has 2 atom stereocenters. The minimum absolute atomic E-state index is 0.115. The van der Waals surface area contributed by atoms with Gasteiger partial charge in [-0.2, -0.15) is 5.10 Å². The van der Waals surface area contributed by atoms with Crippen molar-refractivity contribution in [2.24, 2.45) is 4.99 Å². The molecule has 138 valence electrons. The van der Waals surface area contributed by atoms with Crippen LogP contribution in [0.5, 0.6) is 5.75 Å². The van der Waals surface area contributed by atoms with Crippen LogP contribution < -0.4 is 4.74 Å². The van der Waals surface area contributed by atoms with Crippen LogP contribution >= 0.6 is 0 Å². The molecule has 1 aliphatic heterocycles. The van der Waals surface area contributed by atoms with Crippen molar-refractivity contribution in [1.29, 1.82) is 0 Å². The van der Waals surface area contributed by atoms with E-state index in [1.807, 2.05) is 11.8 Å².